The van der Waals surface area contributed by atoms with E-state index in [2.05, 4.69) is 10.6 Å². The van der Waals surface area contributed by atoms with Crippen LogP contribution in [0.1, 0.15) is 61.0 Å². The number of likely N-dealkylation sites (N-methyl/N-ethyl adjacent to an activating group) is 2. The Morgan fingerprint density at radius 2 is 1.69 bits per heavy atom. The van der Waals surface area contributed by atoms with Crippen LogP contribution in [0.25, 0.3) is 0 Å². The van der Waals surface area contributed by atoms with E-state index in [0.29, 0.717) is 5.57 Å². The Hall–Kier alpha value is -2.75. The van der Waals surface area contributed by atoms with E-state index in [4.69, 9.17) is 4.84 Å². The topological polar surface area (TPSA) is 111 Å². The van der Waals surface area contributed by atoms with E-state index in [-0.39, 0.29) is 36.8 Å². The molecule has 1 heterocycles. The van der Waals surface area contributed by atoms with Crippen molar-refractivity contribution >= 4 is 17.7 Å². The Morgan fingerprint density at radius 3 is 2.15 bits per heavy atom. The molecule has 9 nitrogen and oxygen atoms in total. The molecule has 1 aromatic rings. The molecular weight excluding hydrogens is 496 g/mol. The smallest absolute Gasteiger partial charge is 0.272 e. The lowest BCUT2D eigenvalue weighted by atomic mass is 9.76. The lowest BCUT2D eigenvalue weighted by Gasteiger charge is -2.40. The third-order valence-corrected chi connectivity index (χ3v) is 7.45. The first-order chi connectivity index (χ1) is 18.0. The maximum absolute atomic E-state index is 14.0. The van der Waals surface area contributed by atoms with Crippen molar-refractivity contribution < 1.29 is 24.3 Å². The van der Waals surface area contributed by atoms with Crippen LogP contribution >= 0.6 is 0 Å². The number of aliphatic hydroxyl groups excluding tert-OH is 1. The maximum Gasteiger partial charge on any atom is 0.272 e. The molecule has 3 amide bonds. The molecule has 218 valence electrons. The van der Waals surface area contributed by atoms with Crippen LogP contribution < -0.4 is 10.6 Å². The lowest BCUT2D eigenvalue weighted by Crippen LogP contribution is -2.61. The highest BCUT2D eigenvalue weighted by Gasteiger charge is 2.41. The summed E-state index contributed by atoms with van der Waals surface area (Å²) in [5.74, 6) is -0.865. The largest absolute Gasteiger partial charge is 0.389 e. The molecule has 1 saturated heterocycles. The summed E-state index contributed by atoms with van der Waals surface area (Å²) in [7, 11) is 3.45. The third-order valence-electron chi connectivity index (χ3n) is 7.45. The molecule has 2 rings (SSSR count). The minimum Gasteiger partial charge on any atom is -0.389 e. The standard InChI is InChI=1S/C30H48N4O5/c1-19(2)23(16-20(3)27(37)34-17-22(35)18-39-34)33(10)28(38)25(29(4,5)6)32-26(36)24(31-9)30(7,8)21-14-12-11-13-15-21/h11-16,19,22-25,31,35H,17-18H2,1-10H3,(H,32,36)/b20-16+/t22?,23-,24-,25?/m1/s1. The van der Waals surface area contributed by atoms with Gasteiger partial charge in [0.2, 0.25) is 11.8 Å². The van der Waals surface area contributed by atoms with Gasteiger partial charge >= 0.3 is 0 Å². The number of carbonyl (C=O) groups is 3. The number of carbonyl (C=O) groups excluding carboxylic acids is 3. The molecule has 1 fully saturated rings. The van der Waals surface area contributed by atoms with E-state index in [1.54, 1.807) is 32.0 Å². The van der Waals surface area contributed by atoms with Gasteiger partial charge in [0.05, 0.1) is 18.6 Å². The summed E-state index contributed by atoms with van der Waals surface area (Å²) < 4.78 is 0. The van der Waals surface area contributed by atoms with Crippen molar-refractivity contribution in [3.05, 3.63) is 47.5 Å². The molecule has 2 unspecified atom stereocenters. The number of β-amino-alcohol motifs (C(OH)–C–C–N with tert-alkyl or cyclic N) is 1. The number of hydrogen-bond donors (Lipinski definition) is 3. The summed E-state index contributed by atoms with van der Waals surface area (Å²) in [6, 6.07) is 8.03. The molecule has 0 bridgehead atoms. The van der Waals surface area contributed by atoms with Gasteiger partial charge in [-0.05, 0) is 30.9 Å². The number of nitrogens with one attached hydrogen (secondary N) is 2. The molecule has 39 heavy (non-hydrogen) atoms. The Labute approximate surface area is 233 Å². The number of nitrogens with zero attached hydrogens (tertiary/aromatic N) is 2. The van der Waals surface area contributed by atoms with Gasteiger partial charge in [-0.3, -0.25) is 19.2 Å². The van der Waals surface area contributed by atoms with E-state index in [9.17, 15) is 19.5 Å². The predicted octanol–water partition coefficient (Wildman–Crippen LogP) is 2.65. The summed E-state index contributed by atoms with van der Waals surface area (Å²) in [5, 5.41) is 17.1. The molecule has 0 aromatic heterocycles. The van der Waals surface area contributed by atoms with E-state index in [1.807, 2.05) is 78.8 Å². The van der Waals surface area contributed by atoms with Crippen molar-refractivity contribution in [2.45, 2.75) is 85.0 Å². The summed E-state index contributed by atoms with van der Waals surface area (Å²) in [4.78, 5) is 47.4. The quantitative estimate of drug-likeness (QED) is 0.391. The first-order valence-corrected chi connectivity index (χ1v) is 13.6. The van der Waals surface area contributed by atoms with Crippen molar-refractivity contribution in [3.8, 4) is 0 Å². The fourth-order valence-corrected chi connectivity index (χ4v) is 4.97. The fourth-order valence-electron chi connectivity index (χ4n) is 4.97. The zero-order chi connectivity index (χ0) is 29.7. The van der Waals surface area contributed by atoms with Crippen LogP contribution in [0.3, 0.4) is 0 Å². The van der Waals surface area contributed by atoms with Gasteiger partial charge in [0.1, 0.15) is 18.8 Å². The van der Waals surface area contributed by atoms with Crippen LogP contribution in [0.5, 0.6) is 0 Å². The minimum absolute atomic E-state index is 0.00909. The SMILES string of the molecule is CN[C@H](C(=O)NC(C(=O)N(C)[C@H](/C=C(\C)C(=O)N1CC(O)CO1)C(C)C)C(C)(C)C)C(C)(C)c1ccccc1. The predicted molar refractivity (Wildman–Crippen MR) is 153 cm³/mol. The monoisotopic (exact) mass is 544 g/mol. The number of amides is 3. The van der Waals surface area contributed by atoms with Crippen LogP contribution in [-0.4, -0.2) is 84.3 Å². The molecule has 1 aromatic carbocycles. The number of aliphatic hydroxyl groups is 1. The maximum atomic E-state index is 14.0. The summed E-state index contributed by atoms with van der Waals surface area (Å²) in [6.07, 6.45) is 1.05. The Balaban J connectivity index is 2.31. The van der Waals surface area contributed by atoms with E-state index >= 15 is 0 Å². The first kappa shape index (κ1) is 32.5. The normalized spacial score (nSPS) is 19.0. The Bertz CT molecular complexity index is 1030. The molecule has 4 atom stereocenters. The highest BCUT2D eigenvalue weighted by Crippen LogP contribution is 2.29. The van der Waals surface area contributed by atoms with E-state index in [0.717, 1.165) is 10.6 Å². The van der Waals surface area contributed by atoms with Crippen LogP contribution in [0.2, 0.25) is 0 Å². The third kappa shape index (κ3) is 7.90. The lowest BCUT2D eigenvalue weighted by molar-refractivity contribution is -0.164. The number of hydroxylamine groups is 2. The Kier molecular flexibility index (Phi) is 10.9. The molecule has 1 aliphatic heterocycles. The van der Waals surface area contributed by atoms with Gasteiger partial charge in [-0.15, -0.1) is 0 Å². The summed E-state index contributed by atoms with van der Waals surface area (Å²) in [5.41, 5.74) is 0.309. The summed E-state index contributed by atoms with van der Waals surface area (Å²) >= 11 is 0. The van der Waals surface area contributed by atoms with Crippen LogP contribution in [-0.2, 0) is 24.6 Å². The van der Waals surface area contributed by atoms with Gasteiger partial charge in [-0.1, -0.05) is 84.9 Å². The van der Waals surface area contributed by atoms with Gasteiger partial charge in [0.25, 0.3) is 5.91 Å². The van der Waals surface area contributed by atoms with Gasteiger partial charge in [0.15, 0.2) is 0 Å². The van der Waals surface area contributed by atoms with Crippen molar-refractivity contribution in [2.24, 2.45) is 11.3 Å². The molecule has 0 spiro atoms. The average Bonchev–Trinajstić information content (AvgIpc) is 3.30. The van der Waals surface area contributed by atoms with Crippen molar-refractivity contribution in [3.63, 3.8) is 0 Å². The van der Waals surface area contributed by atoms with Crippen molar-refractivity contribution in [2.75, 3.05) is 27.2 Å². The highest BCUT2D eigenvalue weighted by molar-refractivity contribution is 5.93. The van der Waals surface area contributed by atoms with Crippen molar-refractivity contribution in [1.82, 2.24) is 20.6 Å². The second-order valence-corrected chi connectivity index (χ2v) is 12.5. The van der Waals surface area contributed by atoms with Crippen LogP contribution in [0, 0.1) is 11.3 Å². The first-order valence-electron chi connectivity index (χ1n) is 13.6. The number of hydrogen-bond acceptors (Lipinski definition) is 6. The molecule has 0 saturated carbocycles. The van der Waals surface area contributed by atoms with Gasteiger partial charge in [-0.25, -0.2) is 5.06 Å². The van der Waals surface area contributed by atoms with Gasteiger partial charge < -0.3 is 20.6 Å². The molecule has 9 heteroatoms. The number of benzene rings is 1. The Morgan fingerprint density at radius 1 is 1.10 bits per heavy atom. The molecular formula is C30H48N4O5. The summed E-state index contributed by atoms with van der Waals surface area (Å²) in [6.45, 7) is 15.6. The highest BCUT2D eigenvalue weighted by atomic mass is 16.7. The zero-order valence-corrected chi connectivity index (χ0v) is 25.2. The van der Waals surface area contributed by atoms with Gasteiger partial charge in [-0.2, -0.15) is 0 Å². The molecule has 1 aliphatic rings. The number of rotatable bonds is 10. The van der Waals surface area contributed by atoms with Crippen LogP contribution in [0.15, 0.2) is 42.0 Å². The average molecular weight is 545 g/mol. The van der Waals surface area contributed by atoms with Crippen LogP contribution in [0.4, 0.5) is 0 Å². The van der Waals surface area contributed by atoms with Crippen molar-refractivity contribution in [1.29, 1.82) is 0 Å². The second-order valence-electron chi connectivity index (χ2n) is 12.5. The molecule has 0 radical (unpaired) electrons. The second kappa shape index (κ2) is 13.1. The minimum atomic E-state index is -0.805. The molecule has 3 N–H and O–H groups in total. The molecule has 0 aliphatic carbocycles. The van der Waals surface area contributed by atoms with E-state index in [1.165, 1.54) is 0 Å². The fraction of sp³-hybridized carbons (Fsp3) is 0.633. The van der Waals surface area contributed by atoms with E-state index < -0.39 is 35.1 Å². The van der Waals surface area contributed by atoms with Gasteiger partial charge in [0, 0.05) is 18.0 Å². The zero-order valence-electron chi connectivity index (χ0n) is 25.2.